The van der Waals surface area contributed by atoms with Crippen molar-refractivity contribution in [1.82, 2.24) is 10.2 Å². The normalized spacial score (nSPS) is 9.85. The fraction of sp³-hybridized carbons (Fsp3) is 0.556. The Hall–Kier alpha value is -1.34. The molecule has 0 amide bonds. The van der Waals surface area contributed by atoms with Gasteiger partial charge in [0.1, 0.15) is 6.07 Å². The van der Waals surface area contributed by atoms with Crippen LogP contribution in [0.1, 0.15) is 30.7 Å². The van der Waals surface area contributed by atoms with Crippen molar-refractivity contribution < 1.29 is 0 Å². The van der Waals surface area contributed by atoms with Gasteiger partial charge in [0.05, 0.1) is 0 Å². The fourth-order valence-electron chi connectivity index (χ4n) is 1.12. The largest absolute Gasteiger partial charge is 0.330 e. The highest BCUT2D eigenvalue weighted by molar-refractivity contribution is 5.19. The SMILES string of the molecule is N#Cc1[c]c(CCCCCN)[nH]n1. The lowest BCUT2D eigenvalue weighted by Gasteiger charge is -1.95. The second-order valence-electron chi connectivity index (χ2n) is 2.89. The predicted molar refractivity (Wildman–Crippen MR) is 48.7 cm³/mol. The van der Waals surface area contributed by atoms with Crippen LogP contribution in [0.4, 0.5) is 0 Å². The third-order valence-corrected chi connectivity index (χ3v) is 1.81. The second kappa shape index (κ2) is 5.33. The standard InChI is InChI=1S/C9H13N4/c10-5-3-1-2-4-8-6-9(7-11)13-12-8/h1-5,10H2,(H,12,13). The van der Waals surface area contributed by atoms with Gasteiger partial charge < -0.3 is 5.73 Å². The number of rotatable bonds is 5. The number of hydrogen-bond donors (Lipinski definition) is 2. The first kappa shape index (κ1) is 9.75. The summed E-state index contributed by atoms with van der Waals surface area (Å²) in [5.74, 6) is 0. The Morgan fingerprint density at radius 2 is 2.31 bits per heavy atom. The number of aryl methyl sites for hydroxylation is 1. The number of aromatic amines is 1. The molecule has 1 radical (unpaired) electrons. The smallest absolute Gasteiger partial charge is 0.170 e. The summed E-state index contributed by atoms with van der Waals surface area (Å²) in [5, 5.41) is 15.0. The number of nitrogens with two attached hydrogens (primary N) is 1. The number of H-pyrrole nitrogens is 1. The zero-order valence-electron chi connectivity index (χ0n) is 7.51. The van der Waals surface area contributed by atoms with Crippen molar-refractivity contribution in [2.45, 2.75) is 25.7 Å². The number of hydrogen-bond acceptors (Lipinski definition) is 3. The first-order chi connectivity index (χ1) is 6.36. The van der Waals surface area contributed by atoms with Crippen LogP contribution in [0.3, 0.4) is 0 Å². The second-order valence-corrected chi connectivity index (χ2v) is 2.89. The Labute approximate surface area is 77.8 Å². The average Bonchev–Trinajstić information content (AvgIpc) is 2.60. The minimum atomic E-state index is 0.342. The van der Waals surface area contributed by atoms with Crippen LogP contribution >= 0.6 is 0 Å². The van der Waals surface area contributed by atoms with Crippen LogP contribution in [0.5, 0.6) is 0 Å². The number of unbranched alkanes of at least 4 members (excludes halogenated alkanes) is 2. The lowest BCUT2D eigenvalue weighted by atomic mass is 10.1. The van der Waals surface area contributed by atoms with Crippen molar-refractivity contribution in [3.05, 3.63) is 17.5 Å². The number of nitrogens with zero attached hydrogens (tertiary/aromatic N) is 2. The molecule has 13 heavy (non-hydrogen) atoms. The van der Waals surface area contributed by atoms with Crippen LogP contribution in [0.15, 0.2) is 0 Å². The van der Waals surface area contributed by atoms with Gasteiger partial charge >= 0.3 is 0 Å². The topological polar surface area (TPSA) is 78.5 Å². The molecule has 0 aliphatic carbocycles. The summed E-state index contributed by atoms with van der Waals surface area (Å²) in [7, 11) is 0. The van der Waals surface area contributed by atoms with E-state index in [-0.39, 0.29) is 0 Å². The molecule has 3 N–H and O–H groups in total. The number of aromatic nitrogens is 2. The predicted octanol–water partition coefficient (Wildman–Crippen LogP) is 0.753. The van der Waals surface area contributed by atoms with E-state index in [0.29, 0.717) is 5.69 Å². The maximum absolute atomic E-state index is 8.48. The Kier molecular flexibility index (Phi) is 4.00. The Morgan fingerprint density at radius 3 is 2.92 bits per heavy atom. The quantitative estimate of drug-likeness (QED) is 0.651. The Balaban J connectivity index is 2.25. The summed E-state index contributed by atoms with van der Waals surface area (Å²) in [6.45, 7) is 0.746. The summed E-state index contributed by atoms with van der Waals surface area (Å²) >= 11 is 0. The summed E-state index contributed by atoms with van der Waals surface area (Å²) in [6, 6.07) is 4.81. The van der Waals surface area contributed by atoms with Gasteiger partial charge in [0.2, 0.25) is 0 Å². The van der Waals surface area contributed by atoms with Crippen molar-refractivity contribution in [3.8, 4) is 6.07 Å². The van der Waals surface area contributed by atoms with Crippen molar-refractivity contribution in [3.63, 3.8) is 0 Å². The van der Waals surface area contributed by atoms with E-state index in [2.05, 4.69) is 16.3 Å². The molecule has 1 heterocycles. The highest BCUT2D eigenvalue weighted by Gasteiger charge is 1.99. The van der Waals surface area contributed by atoms with Gasteiger partial charge in [-0.05, 0) is 25.8 Å². The molecule has 4 nitrogen and oxygen atoms in total. The molecular weight excluding hydrogens is 164 g/mol. The molecule has 0 fully saturated rings. The number of nitriles is 1. The average molecular weight is 177 g/mol. The van der Waals surface area contributed by atoms with Crippen LogP contribution in [0.2, 0.25) is 0 Å². The fourth-order valence-corrected chi connectivity index (χ4v) is 1.12. The summed E-state index contributed by atoms with van der Waals surface area (Å²) in [6.07, 6.45) is 4.14. The first-order valence-electron chi connectivity index (χ1n) is 4.43. The van der Waals surface area contributed by atoms with E-state index in [4.69, 9.17) is 11.0 Å². The summed E-state index contributed by atoms with van der Waals surface area (Å²) < 4.78 is 0. The highest BCUT2D eigenvalue weighted by Crippen LogP contribution is 2.03. The molecule has 0 bridgehead atoms. The van der Waals surface area contributed by atoms with Crippen molar-refractivity contribution >= 4 is 0 Å². The molecule has 0 saturated heterocycles. The molecule has 0 atom stereocenters. The third-order valence-electron chi connectivity index (χ3n) is 1.81. The minimum absolute atomic E-state index is 0.342. The van der Waals surface area contributed by atoms with Gasteiger partial charge in [-0.15, -0.1) is 0 Å². The molecule has 0 saturated carbocycles. The van der Waals surface area contributed by atoms with E-state index in [9.17, 15) is 0 Å². The Morgan fingerprint density at radius 1 is 1.46 bits per heavy atom. The van der Waals surface area contributed by atoms with E-state index >= 15 is 0 Å². The van der Waals surface area contributed by atoms with Gasteiger partial charge in [0.15, 0.2) is 5.69 Å². The van der Waals surface area contributed by atoms with E-state index in [1.165, 1.54) is 0 Å². The highest BCUT2D eigenvalue weighted by atomic mass is 15.1. The molecule has 0 aromatic carbocycles. The number of nitrogens with one attached hydrogen (secondary N) is 1. The molecular formula is C9H13N4. The van der Waals surface area contributed by atoms with Crippen LogP contribution < -0.4 is 5.73 Å². The van der Waals surface area contributed by atoms with Crippen molar-refractivity contribution in [1.29, 1.82) is 5.26 Å². The zero-order valence-corrected chi connectivity index (χ0v) is 7.51. The molecule has 69 valence electrons. The summed E-state index contributed by atoms with van der Waals surface area (Å²) in [5.41, 5.74) is 6.61. The molecule has 1 aromatic rings. The van der Waals surface area contributed by atoms with Crippen LogP contribution in [0, 0.1) is 17.4 Å². The first-order valence-corrected chi connectivity index (χ1v) is 4.43. The van der Waals surface area contributed by atoms with Crippen molar-refractivity contribution in [2.24, 2.45) is 5.73 Å². The lowest BCUT2D eigenvalue weighted by Crippen LogP contribution is -1.98. The van der Waals surface area contributed by atoms with Crippen LogP contribution in [-0.4, -0.2) is 16.7 Å². The molecule has 0 aliphatic rings. The molecule has 1 aromatic heterocycles. The van der Waals surface area contributed by atoms with E-state index in [0.717, 1.165) is 37.9 Å². The van der Waals surface area contributed by atoms with Crippen molar-refractivity contribution in [2.75, 3.05) is 6.54 Å². The maximum Gasteiger partial charge on any atom is 0.170 e. The van der Waals surface area contributed by atoms with Gasteiger partial charge in [-0.2, -0.15) is 10.4 Å². The van der Waals surface area contributed by atoms with Gasteiger partial charge in [-0.3, -0.25) is 5.10 Å². The zero-order chi connectivity index (χ0) is 9.52. The maximum atomic E-state index is 8.48. The van der Waals surface area contributed by atoms with Gasteiger partial charge in [0, 0.05) is 11.8 Å². The summed E-state index contributed by atoms with van der Waals surface area (Å²) in [4.78, 5) is 0. The van der Waals surface area contributed by atoms with Gasteiger partial charge in [-0.25, -0.2) is 0 Å². The van der Waals surface area contributed by atoms with Gasteiger partial charge in [-0.1, -0.05) is 6.42 Å². The molecule has 0 aliphatic heterocycles. The molecule has 4 heteroatoms. The lowest BCUT2D eigenvalue weighted by molar-refractivity contribution is 0.677. The monoisotopic (exact) mass is 177 g/mol. The van der Waals surface area contributed by atoms with E-state index in [1.54, 1.807) is 0 Å². The minimum Gasteiger partial charge on any atom is -0.330 e. The molecule has 1 rings (SSSR count). The Bertz CT molecular complexity index is 284. The van der Waals surface area contributed by atoms with E-state index in [1.807, 2.05) is 6.07 Å². The van der Waals surface area contributed by atoms with Crippen LogP contribution in [0.25, 0.3) is 0 Å². The third kappa shape index (κ3) is 3.26. The van der Waals surface area contributed by atoms with Crippen LogP contribution in [-0.2, 0) is 6.42 Å². The van der Waals surface area contributed by atoms with E-state index < -0.39 is 0 Å². The molecule has 0 unspecified atom stereocenters. The van der Waals surface area contributed by atoms with Gasteiger partial charge in [0.25, 0.3) is 0 Å². The molecule has 0 spiro atoms.